The van der Waals surface area contributed by atoms with E-state index in [-0.39, 0.29) is 26.1 Å². The van der Waals surface area contributed by atoms with E-state index in [9.17, 15) is 30.0 Å². The highest BCUT2D eigenvalue weighted by atomic mass is 16.7. The first kappa shape index (κ1) is 56.4. The Bertz CT molecular complexity index is 1180. The van der Waals surface area contributed by atoms with E-state index >= 15 is 0 Å². The fraction of sp³-hybridized carbons (Fsp3) is 0.765. The molecule has 0 aromatic heterocycles. The summed E-state index contributed by atoms with van der Waals surface area (Å²) in [6.07, 6.45) is 43.8. The zero-order valence-corrected chi connectivity index (χ0v) is 38.4. The molecule has 6 atom stereocenters. The van der Waals surface area contributed by atoms with Crippen LogP contribution in [0.25, 0.3) is 0 Å². The monoisotopic (exact) mass is 861 g/mol. The first-order valence-electron chi connectivity index (χ1n) is 24.4. The number of hydrogen-bond donors (Lipinski definition) is 4. The summed E-state index contributed by atoms with van der Waals surface area (Å²) in [4.78, 5) is 25.4. The Morgan fingerprint density at radius 1 is 0.508 bits per heavy atom. The highest BCUT2D eigenvalue weighted by Crippen LogP contribution is 2.22. The number of aliphatic hydroxyl groups excluding tert-OH is 4. The van der Waals surface area contributed by atoms with Gasteiger partial charge in [-0.25, -0.2) is 0 Å². The SMILES string of the molecule is CCCCCCCCC/C=C/C/C=C/C/C=C/C/C=C/CCCC(=O)OC[C@@H](CO[C@H]1O[C@@H](CO)[C@@H](O)C(O)C1O)OC(=O)CCCCC/C=C/CCCCCCCCCC. The van der Waals surface area contributed by atoms with Crippen molar-refractivity contribution in [2.24, 2.45) is 0 Å². The van der Waals surface area contributed by atoms with Gasteiger partial charge >= 0.3 is 11.9 Å². The van der Waals surface area contributed by atoms with E-state index in [1.54, 1.807) is 0 Å². The van der Waals surface area contributed by atoms with Gasteiger partial charge in [0.2, 0.25) is 0 Å². The van der Waals surface area contributed by atoms with Crippen molar-refractivity contribution in [3.05, 3.63) is 60.8 Å². The topological polar surface area (TPSA) is 152 Å². The minimum atomic E-state index is -1.61. The van der Waals surface area contributed by atoms with Crippen LogP contribution in [0.3, 0.4) is 0 Å². The van der Waals surface area contributed by atoms with Crippen LogP contribution < -0.4 is 0 Å². The molecule has 0 amide bonds. The Labute approximate surface area is 370 Å². The number of unbranched alkanes of at least 4 members (excludes halogenated alkanes) is 19. The van der Waals surface area contributed by atoms with Gasteiger partial charge in [0, 0.05) is 12.8 Å². The summed E-state index contributed by atoms with van der Waals surface area (Å²) in [5, 5.41) is 40.1. The lowest BCUT2D eigenvalue weighted by Crippen LogP contribution is -2.59. The van der Waals surface area contributed by atoms with Crippen LogP contribution in [0, 0.1) is 0 Å². The van der Waals surface area contributed by atoms with Crippen LogP contribution in [-0.4, -0.2) is 89.0 Å². The third-order valence-electron chi connectivity index (χ3n) is 10.9. The van der Waals surface area contributed by atoms with Gasteiger partial charge in [-0.15, -0.1) is 0 Å². The van der Waals surface area contributed by atoms with Crippen molar-refractivity contribution in [2.45, 2.75) is 230 Å². The molecule has 0 aromatic rings. The van der Waals surface area contributed by atoms with E-state index < -0.39 is 55.4 Å². The van der Waals surface area contributed by atoms with E-state index in [4.69, 9.17) is 18.9 Å². The van der Waals surface area contributed by atoms with Crippen LogP contribution in [0.4, 0.5) is 0 Å². The molecule has 10 nitrogen and oxygen atoms in total. The molecule has 4 N–H and O–H groups in total. The number of hydrogen-bond acceptors (Lipinski definition) is 10. The van der Waals surface area contributed by atoms with Gasteiger partial charge in [0.25, 0.3) is 0 Å². The molecule has 1 saturated heterocycles. The highest BCUT2D eigenvalue weighted by molar-refractivity contribution is 5.70. The van der Waals surface area contributed by atoms with E-state index in [0.717, 1.165) is 51.4 Å². The molecule has 61 heavy (non-hydrogen) atoms. The van der Waals surface area contributed by atoms with Crippen molar-refractivity contribution in [3.63, 3.8) is 0 Å². The average molecular weight is 861 g/mol. The van der Waals surface area contributed by atoms with Gasteiger partial charge in [-0.1, -0.05) is 164 Å². The Morgan fingerprint density at radius 2 is 0.934 bits per heavy atom. The van der Waals surface area contributed by atoms with E-state index in [0.29, 0.717) is 12.8 Å². The standard InChI is InChI=1S/C51H88O10/c1-3-5-7-9-11-13-15-17-19-20-21-22-23-24-26-27-29-31-33-35-37-39-46(53)58-42-44(43-59-51-50(57)49(56)48(55)45(41-52)61-51)60-47(54)40-38-36-34-32-30-28-25-18-16-14-12-10-8-6-4-2/h19-20,22-23,26-28,30-31,33,44-45,48-52,55-57H,3-18,21,24-25,29,32,34-43H2,1-2H3/b20-19+,23-22+,27-26+,30-28+,33-31+/t44-,45-,48+,49?,50?,51-/m0/s1. The smallest absolute Gasteiger partial charge is 0.306 e. The highest BCUT2D eigenvalue weighted by Gasteiger charge is 2.44. The fourth-order valence-electron chi connectivity index (χ4n) is 7.00. The molecule has 1 fully saturated rings. The predicted molar refractivity (Wildman–Crippen MR) is 247 cm³/mol. The molecular formula is C51H88O10. The van der Waals surface area contributed by atoms with E-state index in [1.165, 1.54) is 103 Å². The maximum Gasteiger partial charge on any atom is 0.306 e. The zero-order valence-electron chi connectivity index (χ0n) is 38.4. The molecule has 0 saturated carbocycles. The molecule has 352 valence electrons. The maximum atomic E-state index is 12.8. The molecule has 0 bridgehead atoms. The van der Waals surface area contributed by atoms with Gasteiger partial charge in [0.05, 0.1) is 13.2 Å². The number of allylic oxidation sites excluding steroid dienone is 10. The second-order valence-corrected chi connectivity index (χ2v) is 16.6. The molecule has 0 aromatic carbocycles. The molecule has 0 spiro atoms. The van der Waals surface area contributed by atoms with Crippen molar-refractivity contribution in [3.8, 4) is 0 Å². The van der Waals surface area contributed by atoms with Crippen LogP contribution in [0.2, 0.25) is 0 Å². The van der Waals surface area contributed by atoms with Crippen LogP contribution in [-0.2, 0) is 28.5 Å². The third kappa shape index (κ3) is 32.7. The Morgan fingerprint density at radius 3 is 1.44 bits per heavy atom. The second-order valence-electron chi connectivity index (χ2n) is 16.6. The van der Waals surface area contributed by atoms with Crippen molar-refractivity contribution in [1.82, 2.24) is 0 Å². The van der Waals surface area contributed by atoms with Crippen LogP contribution >= 0.6 is 0 Å². The molecular weight excluding hydrogens is 773 g/mol. The van der Waals surface area contributed by atoms with Crippen LogP contribution in [0.1, 0.15) is 194 Å². The molecule has 1 rings (SSSR count). The number of carbonyl (C=O) groups is 2. The minimum Gasteiger partial charge on any atom is -0.462 e. The number of rotatable bonds is 40. The molecule has 10 heteroatoms. The number of esters is 2. The predicted octanol–water partition coefficient (Wildman–Crippen LogP) is 11.0. The summed E-state index contributed by atoms with van der Waals surface area (Å²) in [5.74, 6) is -0.891. The fourth-order valence-corrected chi connectivity index (χ4v) is 7.00. The largest absolute Gasteiger partial charge is 0.462 e. The summed E-state index contributed by atoms with van der Waals surface area (Å²) in [6, 6.07) is 0. The van der Waals surface area contributed by atoms with Gasteiger partial charge in [-0.2, -0.15) is 0 Å². The van der Waals surface area contributed by atoms with Crippen LogP contribution in [0.5, 0.6) is 0 Å². The lowest BCUT2D eigenvalue weighted by Gasteiger charge is -2.39. The lowest BCUT2D eigenvalue weighted by atomic mass is 9.99. The maximum absolute atomic E-state index is 12.8. The van der Waals surface area contributed by atoms with Crippen molar-refractivity contribution >= 4 is 11.9 Å². The molecule has 0 aliphatic carbocycles. The van der Waals surface area contributed by atoms with Gasteiger partial charge in [0.1, 0.15) is 31.0 Å². The molecule has 0 radical (unpaired) electrons. The Balaban J connectivity index is 2.35. The van der Waals surface area contributed by atoms with Crippen molar-refractivity contribution in [2.75, 3.05) is 19.8 Å². The van der Waals surface area contributed by atoms with Crippen molar-refractivity contribution in [1.29, 1.82) is 0 Å². The van der Waals surface area contributed by atoms with E-state index in [2.05, 4.69) is 74.6 Å². The lowest BCUT2D eigenvalue weighted by molar-refractivity contribution is -0.305. The number of ether oxygens (including phenoxy) is 4. The summed E-state index contributed by atoms with van der Waals surface area (Å²) < 4.78 is 22.1. The van der Waals surface area contributed by atoms with E-state index in [1.807, 2.05) is 0 Å². The Hall–Kier alpha value is -2.60. The van der Waals surface area contributed by atoms with Crippen LogP contribution in [0.15, 0.2) is 60.8 Å². The van der Waals surface area contributed by atoms with Gasteiger partial charge < -0.3 is 39.4 Å². The third-order valence-corrected chi connectivity index (χ3v) is 10.9. The second kappa shape index (κ2) is 41.4. The molecule has 1 aliphatic heterocycles. The first-order valence-corrected chi connectivity index (χ1v) is 24.4. The summed E-state index contributed by atoms with van der Waals surface area (Å²) in [7, 11) is 0. The zero-order chi connectivity index (χ0) is 44.4. The summed E-state index contributed by atoms with van der Waals surface area (Å²) >= 11 is 0. The quantitative estimate of drug-likeness (QED) is 0.0266. The normalized spacial score (nSPS) is 20.3. The van der Waals surface area contributed by atoms with Gasteiger partial charge in [-0.05, 0) is 77.0 Å². The van der Waals surface area contributed by atoms with Gasteiger partial charge in [-0.3, -0.25) is 9.59 Å². The number of carbonyl (C=O) groups excluding carboxylic acids is 2. The first-order chi connectivity index (χ1) is 29.8. The Kier molecular flexibility index (Phi) is 38.3. The molecule has 1 heterocycles. The molecule has 2 unspecified atom stereocenters. The number of aliphatic hydroxyl groups is 4. The molecule has 1 aliphatic rings. The van der Waals surface area contributed by atoms with Gasteiger partial charge in [0.15, 0.2) is 12.4 Å². The summed E-state index contributed by atoms with van der Waals surface area (Å²) in [6.45, 7) is 3.35. The van der Waals surface area contributed by atoms with Crippen molar-refractivity contribution < 1.29 is 49.0 Å². The summed E-state index contributed by atoms with van der Waals surface area (Å²) in [5.41, 5.74) is 0. The average Bonchev–Trinajstić information content (AvgIpc) is 3.26. The minimum absolute atomic E-state index is 0.195.